The molecule has 2 atom stereocenters. The molecule has 0 aromatic carbocycles. The van der Waals surface area contributed by atoms with Crippen LogP contribution in [0.2, 0.25) is 0 Å². The highest BCUT2D eigenvalue weighted by Crippen LogP contribution is 2.25. The molecule has 0 saturated heterocycles. The first-order chi connectivity index (χ1) is 16.0. The minimum atomic E-state index is -4.75. The fourth-order valence-corrected chi connectivity index (χ4v) is 3.82. The average molecular weight is 484 g/mol. The number of hydrogen-bond donors (Lipinski definition) is 0. The molecule has 10 heteroatoms. The minimum Gasteiger partial charge on any atom is -0.494 e. The summed E-state index contributed by atoms with van der Waals surface area (Å²) < 4.78 is 61.5. The molecule has 0 aromatic heterocycles. The molecule has 2 aliphatic heterocycles. The summed E-state index contributed by atoms with van der Waals surface area (Å²) in [7, 11) is 1.85. The van der Waals surface area contributed by atoms with E-state index in [2.05, 4.69) is 9.73 Å². The third-order valence-corrected chi connectivity index (χ3v) is 5.99. The van der Waals surface area contributed by atoms with Gasteiger partial charge in [-0.15, -0.1) is 13.2 Å². The summed E-state index contributed by atoms with van der Waals surface area (Å²) in [5, 5.41) is 0. The molecule has 1 aliphatic carbocycles. The van der Waals surface area contributed by atoms with E-state index in [-0.39, 0.29) is 37.3 Å². The van der Waals surface area contributed by atoms with Crippen LogP contribution in [0.15, 0.2) is 64.2 Å². The molecule has 1 amide bonds. The summed E-state index contributed by atoms with van der Waals surface area (Å²) in [6, 6.07) is -0.139. The number of rotatable bonds is 7. The number of carbonyl (C=O) groups excluding carboxylic acids is 1. The summed E-state index contributed by atoms with van der Waals surface area (Å²) in [5.41, 5.74) is 1.65. The predicted octanol–water partition coefficient (Wildman–Crippen LogP) is 4.44. The first-order valence-corrected chi connectivity index (χ1v) is 11.1. The molecule has 0 aromatic rings. The van der Waals surface area contributed by atoms with Crippen LogP contribution >= 0.6 is 0 Å². The van der Waals surface area contributed by atoms with Crippen molar-refractivity contribution in [1.82, 2.24) is 9.80 Å². The van der Waals surface area contributed by atoms with Gasteiger partial charge in [-0.3, -0.25) is 14.7 Å². The van der Waals surface area contributed by atoms with Crippen molar-refractivity contribution in [3.05, 3.63) is 59.2 Å². The van der Waals surface area contributed by atoms with Crippen LogP contribution < -0.4 is 0 Å². The molecule has 0 radical (unpaired) electrons. The fourth-order valence-electron chi connectivity index (χ4n) is 3.82. The van der Waals surface area contributed by atoms with Crippen LogP contribution in [0.3, 0.4) is 0 Å². The third kappa shape index (κ3) is 6.82. The van der Waals surface area contributed by atoms with Crippen molar-refractivity contribution in [1.29, 1.82) is 0 Å². The van der Waals surface area contributed by atoms with Crippen molar-refractivity contribution in [2.75, 3.05) is 33.3 Å². The Morgan fingerprint density at radius 3 is 2.79 bits per heavy atom. The van der Waals surface area contributed by atoms with E-state index in [1.54, 1.807) is 36.3 Å². The summed E-state index contributed by atoms with van der Waals surface area (Å²) in [6.07, 6.45) is 3.81. The maximum atomic E-state index is 14.1. The van der Waals surface area contributed by atoms with Crippen molar-refractivity contribution >= 4 is 11.6 Å². The van der Waals surface area contributed by atoms with Crippen molar-refractivity contribution < 1.29 is 31.8 Å². The molecular weight excluding hydrogens is 454 g/mol. The first-order valence-electron chi connectivity index (χ1n) is 11.1. The van der Waals surface area contributed by atoms with E-state index < -0.39 is 12.5 Å². The summed E-state index contributed by atoms with van der Waals surface area (Å²) in [4.78, 5) is 20.6. The molecule has 0 saturated carbocycles. The number of allylic oxidation sites excluding steroid dienone is 5. The van der Waals surface area contributed by atoms with E-state index >= 15 is 0 Å². The molecule has 186 valence electrons. The highest BCUT2D eigenvalue weighted by Gasteiger charge is 2.32. The lowest BCUT2D eigenvalue weighted by molar-refractivity contribution is -0.303. The maximum absolute atomic E-state index is 14.1. The zero-order valence-electron chi connectivity index (χ0n) is 19.4. The van der Waals surface area contributed by atoms with Gasteiger partial charge in [-0.2, -0.15) is 0 Å². The van der Waals surface area contributed by atoms with Crippen LogP contribution in [0, 0.1) is 0 Å². The van der Waals surface area contributed by atoms with Gasteiger partial charge in [0.05, 0.1) is 30.9 Å². The molecule has 3 aliphatic rings. The second-order valence-corrected chi connectivity index (χ2v) is 8.39. The number of alkyl halides is 4. The van der Waals surface area contributed by atoms with Crippen LogP contribution in [0.1, 0.15) is 26.7 Å². The Morgan fingerprint density at radius 2 is 2.09 bits per heavy atom. The van der Waals surface area contributed by atoms with E-state index in [0.29, 0.717) is 36.6 Å². The van der Waals surface area contributed by atoms with E-state index in [9.17, 15) is 22.4 Å². The molecule has 0 fully saturated rings. The molecule has 2 heterocycles. The van der Waals surface area contributed by atoms with Gasteiger partial charge >= 0.3 is 6.36 Å². The smallest absolute Gasteiger partial charge is 0.494 e. The number of likely N-dealkylation sites (N-methyl/N-ethyl adjacent to an activating group) is 1. The van der Waals surface area contributed by atoms with Crippen LogP contribution in [0.4, 0.5) is 17.6 Å². The summed E-state index contributed by atoms with van der Waals surface area (Å²) in [6.45, 7) is 4.64. The Morgan fingerprint density at radius 1 is 1.32 bits per heavy atom. The number of aliphatic imine (C=N–C) groups is 1. The quantitative estimate of drug-likeness (QED) is 0.503. The van der Waals surface area contributed by atoms with Gasteiger partial charge in [-0.05, 0) is 45.0 Å². The van der Waals surface area contributed by atoms with E-state index in [1.165, 1.54) is 12.2 Å². The molecule has 2 unspecified atom stereocenters. The Kier molecular flexibility index (Phi) is 8.35. The Hall–Kier alpha value is -2.88. The molecule has 0 bridgehead atoms. The standard InChI is InChI=1S/C24H29F4N3O3/c1-16-22(33-13-12-31(23(16)32)14-21-20(25)8-5-11-29-21)15-30(3)17(2)18-6-4-7-19(10-9-18)34-24(26,27)28/h4-5,7,9-11,17,20H,6,8,12-15H2,1-3H3. The monoisotopic (exact) mass is 483 g/mol. The summed E-state index contributed by atoms with van der Waals surface area (Å²) in [5.74, 6) is 0.0132. The van der Waals surface area contributed by atoms with Crippen LogP contribution in [0.25, 0.3) is 0 Å². The first kappa shape index (κ1) is 25.7. The molecule has 34 heavy (non-hydrogen) atoms. The lowest BCUT2D eigenvalue weighted by Gasteiger charge is -2.27. The molecule has 0 N–H and O–H groups in total. The largest absolute Gasteiger partial charge is 0.573 e. The van der Waals surface area contributed by atoms with E-state index in [0.717, 1.165) is 5.57 Å². The van der Waals surface area contributed by atoms with Crippen molar-refractivity contribution in [3.63, 3.8) is 0 Å². The van der Waals surface area contributed by atoms with Gasteiger partial charge in [0.1, 0.15) is 24.3 Å². The Balaban J connectivity index is 1.67. The third-order valence-electron chi connectivity index (χ3n) is 5.99. The minimum absolute atomic E-state index is 0.110. The normalized spacial score (nSPS) is 22.6. The number of hydrogen-bond acceptors (Lipinski definition) is 5. The van der Waals surface area contributed by atoms with Gasteiger partial charge in [0.25, 0.3) is 5.91 Å². The zero-order chi connectivity index (χ0) is 24.9. The topological polar surface area (TPSA) is 54.4 Å². The Labute approximate surface area is 196 Å². The second kappa shape index (κ2) is 11.0. The van der Waals surface area contributed by atoms with Crippen LogP contribution in [0.5, 0.6) is 0 Å². The second-order valence-electron chi connectivity index (χ2n) is 8.39. The van der Waals surface area contributed by atoms with Crippen molar-refractivity contribution in [2.24, 2.45) is 4.99 Å². The number of carbonyl (C=O) groups is 1. The Bertz CT molecular complexity index is 963. The van der Waals surface area contributed by atoms with Gasteiger partial charge in [0.2, 0.25) is 0 Å². The number of halogens is 4. The lowest BCUT2D eigenvalue weighted by atomic mass is 10.0. The zero-order valence-corrected chi connectivity index (χ0v) is 19.4. The van der Waals surface area contributed by atoms with Gasteiger partial charge in [-0.25, -0.2) is 4.39 Å². The fraction of sp³-hybridized carbons (Fsp3) is 0.500. The van der Waals surface area contributed by atoms with Crippen LogP contribution in [-0.4, -0.2) is 73.3 Å². The lowest BCUT2D eigenvalue weighted by Crippen LogP contribution is -2.40. The SMILES string of the molecule is CC1=C(CN(C)C(C)C2=CC=C(OC(F)(F)F)C=CC2)OCCN(CC2=NC=CCC2F)C1=O. The number of amides is 1. The molecule has 0 spiro atoms. The van der Waals surface area contributed by atoms with E-state index in [4.69, 9.17) is 4.74 Å². The van der Waals surface area contributed by atoms with Gasteiger partial charge < -0.3 is 14.4 Å². The van der Waals surface area contributed by atoms with E-state index in [1.807, 2.05) is 18.9 Å². The molecule has 6 nitrogen and oxygen atoms in total. The van der Waals surface area contributed by atoms with Gasteiger partial charge in [0, 0.05) is 18.7 Å². The molecular formula is C24H29F4N3O3. The summed E-state index contributed by atoms with van der Waals surface area (Å²) >= 11 is 0. The maximum Gasteiger partial charge on any atom is 0.573 e. The predicted molar refractivity (Wildman–Crippen MR) is 120 cm³/mol. The highest BCUT2D eigenvalue weighted by atomic mass is 19.4. The van der Waals surface area contributed by atoms with Crippen molar-refractivity contribution in [3.8, 4) is 0 Å². The van der Waals surface area contributed by atoms with Gasteiger partial charge in [-0.1, -0.05) is 18.2 Å². The van der Waals surface area contributed by atoms with Gasteiger partial charge in [0.15, 0.2) is 0 Å². The highest BCUT2D eigenvalue weighted by molar-refractivity contribution is 5.99. The number of ether oxygens (including phenoxy) is 2. The number of nitrogens with zero attached hydrogens (tertiary/aromatic N) is 3. The molecule has 3 rings (SSSR count). The average Bonchev–Trinajstić information content (AvgIpc) is 3.07. The van der Waals surface area contributed by atoms with Crippen LogP contribution in [-0.2, 0) is 14.3 Å². The van der Waals surface area contributed by atoms with Crippen molar-refractivity contribution in [2.45, 2.75) is 45.3 Å².